The molecule has 388 valence electrons. The topological polar surface area (TPSA) is 231 Å². The molecule has 4 N–H and O–H groups in total. The van der Waals surface area contributed by atoms with Gasteiger partial charge in [0.15, 0.2) is 0 Å². The molecular weight excluding hydrogens is 933 g/mol. The van der Waals surface area contributed by atoms with Crippen molar-refractivity contribution >= 4 is 69.1 Å². The van der Waals surface area contributed by atoms with Crippen molar-refractivity contribution in [1.82, 2.24) is 40.0 Å². The second-order valence-corrected chi connectivity index (χ2v) is 19.5. The summed E-state index contributed by atoms with van der Waals surface area (Å²) in [6.07, 6.45) is 7.37. The lowest BCUT2D eigenvalue weighted by atomic mass is 9.84. The zero-order valence-corrected chi connectivity index (χ0v) is 43.4. The Balaban J connectivity index is 1.34. The van der Waals surface area contributed by atoms with E-state index in [4.69, 9.17) is 34.0 Å². The van der Waals surface area contributed by atoms with E-state index >= 15 is 4.79 Å². The molecule has 0 saturated heterocycles. The summed E-state index contributed by atoms with van der Waals surface area (Å²) in [4.78, 5) is 93.8. The van der Waals surface area contributed by atoms with Crippen LogP contribution in [0, 0.1) is 13.8 Å². The van der Waals surface area contributed by atoms with Crippen molar-refractivity contribution in [2.75, 3.05) is 66.3 Å². The summed E-state index contributed by atoms with van der Waals surface area (Å²) in [7, 11) is 1.68. The molecule has 18 heteroatoms. The number of hydrogen-bond donors (Lipinski definition) is 4. The summed E-state index contributed by atoms with van der Waals surface area (Å²) >= 11 is 0. The number of pyridine rings is 1. The smallest absolute Gasteiger partial charge is 0.407 e. The molecule has 0 aliphatic carbocycles. The fourth-order valence-electron chi connectivity index (χ4n) is 9.37. The van der Waals surface area contributed by atoms with Crippen LogP contribution in [0.2, 0.25) is 0 Å². The first-order valence-electron chi connectivity index (χ1n) is 25.0. The number of carbonyl (C=O) groups excluding carboxylic acids is 5. The highest BCUT2D eigenvalue weighted by atomic mass is 16.6. The number of aliphatic hydroxyl groups excluding tert-OH is 1. The minimum Gasteiger partial charge on any atom is -0.460 e. The minimum absolute atomic E-state index is 0.0369. The second-order valence-electron chi connectivity index (χ2n) is 19.5. The third kappa shape index (κ3) is 12.6. The molecule has 7 rings (SSSR count). The summed E-state index contributed by atoms with van der Waals surface area (Å²) in [6.45, 7) is 16.8. The first-order valence-corrected chi connectivity index (χ1v) is 25.0. The Bertz CT molecular complexity index is 2970. The molecule has 0 saturated carbocycles. The van der Waals surface area contributed by atoms with Gasteiger partial charge in [-0.25, -0.2) is 14.6 Å². The van der Waals surface area contributed by atoms with E-state index in [1.54, 1.807) is 51.2 Å². The van der Waals surface area contributed by atoms with Gasteiger partial charge in [0.25, 0.3) is 11.8 Å². The number of aliphatic hydroxyl groups is 1. The van der Waals surface area contributed by atoms with E-state index in [0.29, 0.717) is 88.4 Å². The monoisotopic (exact) mass is 1000 g/mol. The van der Waals surface area contributed by atoms with Crippen LogP contribution in [0.3, 0.4) is 0 Å². The SMILES string of the molecule is CCC1=C(C)c2cc3[nH]c(cc4nc(c5c6[nH]c(cc1n2)c(C)c6C(=O)N(CCc1ccncc1)C5=O)[C@@H](CCC(=O)N(C)CCNC(=O)OC(C)(C)C)[C@@H]4C)c(C)c3/C=C/C(=O)OCCOCCOCCO. The van der Waals surface area contributed by atoms with E-state index in [9.17, 15) is 19.2 Å². The van der Waals surface area contributed by atoms with Gasteiger partial charge in [-0.3, -0.25) is 29.3 Å². The van der Waals surface area contributed by atoms with Gasteiger partial charge in [-0.2, -0.15) is 0 Å². The largest absolute Gasteiger partial charge is 0.460 e. The van der Waals surface area contributed by atoms with Gasteiger partial charge < -0.3 is 44.2 Å². The van der Waals surface area contributed by atoms with Crippen molar-refractivity contribution < 1.29 is 48.0 Å². The average Bonchev–Trinajstić information content (AvgIpc) is 4.03. The number of nitrogens with one attached hydrogen (secondary N) is 3. The summed E-state index contributed by atoms with van der Waals surface area (Å²) in [6, 6.07) is 9.57. The molecule has 0 radical (unpaired) electrons. The zero-order chi connectivity index (χ0) is 52.6. The summed E-state index contributed by atoms with van der Waals surface area (Å²) in [5, 5.41) is 11.6. The maximum atomic E-state index is 15.2. The summed E-state index contributed by atoms with van der Waals surface area (Å²) in [5.41, 5.74) is 10.0. The number of esters is 1. The predicted molar refractivity (Wildman–Crippen MR) is 278 cm³/mol. The van der Waals surface area contributed by atoms with Crippen LogP contribution in [-0.4, -0.2) is 142 Å². The molecule has 18 nitrogen and oxygen atoms in total. The van der Waals surface area contributed by atoms with E-state index in [-0.39, 0.29) is 69.9 Å². The Morgan fingerprint density at radius 1 is 0.890 bits per heavy atom. The normalized spacial score (nSPS) is 15.6. The molecule has 3 aliphatic rings. The van der Waals surface area contributed by atoms with E-state index in [1.807, 2.05) is 58.0 Å². The summed E-state index contributed by atoms with van der Waals surface area (Å²) < 4.78 is 21.5. The number of fused-ring (bicyclic) bond motifs is 8. The van der Waals surface area contributed by atoms with Gasteiger partial charge in [0, 0.05) is 91.2 Å². The molecule has 73 heavy (non-hydrogen) atoms. The van der Waals surface area contributed by atoms with E-state index in [0.717, 1.165) is 27.8 Å². The number of allylic oxidation sites excluding steroid dienone is 2. The summed E-state index contributed by atoms with van der Waals surface area (Å²) in [5.74, 6) is -2.38. The molecule has 0 aromatic carbocycles. The number of alkyl carbamates (subject to hydrolysis) is 1. The number of aromatic nitrogens is 5. The molecule has 4 aromatic heterocycles. The highest BCUT2D eigenvalue weighted by Crippen LogP contribution is 2.44. The molecule has 2 atom stereocenters. The van der Waals surface area contributed by atoms with E-state index in [2.05, 4.69) is 27.2 Å². The lowest BCUT2D eigenvalue weighted by molar-refractivity contribution is -0.139. The highest BCUT2D eigenvalue weighted by molar-refractivity contribution is 6.23. The Kier molecular flexibility index (Phi) is 17.4. The highest BCUT2D eigenvalue weighted by Gasteiger charge is 2.41. The number of H-pyrrole nitrogens is 2. The van der Waals surface area contributed by atoms with Crippen molar-refractivity contribution in [3.8, 4) is 0 Å². The first-order chi connectivity index (χ1) is 34.9. The third-order valence-electron chi connectivity index (χ3n) is 13.4. The average molecular weight is 1000 g/mol. The van der Waals surface area contributed by atoms with Gasteiger partial charge in [0.05, 0.1) is 66.8 Å². The Labute approximate surface area is 425 Å². The van der Waals surface area contributed by atoms with E-state index in [1.165, 1.54) is 11.0 Å². The van der Waals surface area contributed by atoms with Crippen LogP contribution in [0.1, 0.15) is 138 Å². The number of aryl methyl sites for hydroxylation is 2. The van der Waals surface area contributed by atoms with Crippen LogP contribution in [0.4, 0.5) is 4.79 Å². The number of rotatable bonds is 20. The van der Waals surface area contributed by atoms with Gasteiger partial charge >= 0.3 is 12.1 Å². The number of carbonyl (C=O) groups is 5. The third-order valence-corrected chi connectivity index (χ3v) is 13.4. The number of aromatic amines is 2. The number of hydrogen-bond acceptors (Lipinski definition) is 13. The van der Waals surface area contributed by atoms with Crippen LogP contribution < -0.4 is 5.32 Å². The van der Waals surface area contributed by atoms with Crippen LogP contribution in [0.5, 0.6) is 0 Å². The van der Waals surface area contributed by atoms with Crippen LogP contribution in [0.15, 0.2) is 48.8 Å². The molecule has 0 unspecified atom stereocenters. The second kappa shape index (κ2) is 23.7. The van der Waals surface area contributed by atoms with Gasteiger partial charge in [-0.15, -0.1) is 0 Å². The predicted octanol–water partition coefficient (Wildman–Crippen LogP) is 7.74. The Morgan fingerprint density at radius 3 is 2.29 bits per heavy atom. The van der Waals surface area contributed by atoms with Crippen molar-refractivity contribution in [2.45, 2.75) is 98.5 Å². The van der Waals surface area contributed by atoms with Gasteiger partial charge in [-0.1, -0.05) is 13.8 Å². The maximum Gasteiger partial charge on any atom is 0.407 e. The van der Waals surface area contributed by atoms with Crippen LogP contribution in [-0.2, 0) is 35.0 Å². The molecule has 4 aromatic rings. The fraction of sp³-hybridized carbons (Fsp3) is 0.455. The van der Waals surface area contributed by atoms with E-state index < -0.39 is 35.4 Å². The van der Waals surface area contributed by atoms with Crippen LogP contribution >= 0.6 is 0 Å². The number of imide groups is 1. The van der Waals surface area contributed by atoms with Crippen molar-refractivity contribution in [1.29, 1.82) is 0 Å². The fourth-order valence-corrected chi connectivity index (χ4v) is 9.37. The molecule has 4 amide bonds. The van der Waals surface area contributed by atoms with Crippen molar-refractivity contribution in [3.63, 3.8) is 0 Å². The Morgan fingerprint density at radius 2 is 1.58 bits per heavy atom. The quantitative estimate of drug-likeness (QED) is 0.0288. The van der Waals surface area contributed by atoms with Gasteiger partial charge in [-0.05, 0) is 125 Å². The van der Waals surface area contributed by atoms with Gasteiger partial charge in [0.2, 0.25) is 5.91 Å². The number of nitrogens with zero attached hydrogens (tertiary/aromatic N) is 5. The standard InChI is InChI=1S/C55H68N8O10/c1-10-37-32(2)41-30-45-38(12-14-47(66)72-28-27-71-26-25-70-24-23-64)33(3)40(59-45)29-42-34(4)39(11-13-46(65)62(9)22-20-57-54(69)73-55(6,7)8)50(60-42)49-51-48(35(5)43(61-51)31-44(37)58-41)52(67)63(53(49)68)21-17-36-15-18-56-19-16-36/h12,14-16,18-19,29-31,34,39,59,61,64H,10-11,13,17,20-28H2,1-9H3,(H,57,69)/b14-12+,40-29?,41-30?,42-29?,43-31?,44-31?,45-30?,50-49?/t34-,39-/m0/s1. The van der Waals surface area contributed by atoms with Crippen molar-refractivity contribution in [2.24, 2.45) is 0 Å². The first kappa shape index (κ1) is 53.8. The Hall–Kier alpha value is -7.02. The lowest BCUT2D eigenvalue weighted by Crippen LogP contribution is -2.42. The number of ether oxygens (including phenoxy) is 4. The number of likely N-dealkylation sites (N-methyl/N-ethyl adjacent to an activating group) is 1. The molecule has 0 spiro atoms. The maximum absolute atomic E-state index is 15.2. The molecule has 8 bridgehead atoms. The molecule has 3 aliphatic heterocycles. The van der Waals surface area contributed by atoms with Crippen LogP contribution in [0.25, 0.3) is 39.3 Å². The zero-order valence-electron chi connectivity index (χ0n) is 43.4. The molecule has 7 heterocycles. The van der Waals surface area contributed by atoms with Gasteiger partial charge in [0.1, 0.15) is 12.2 Å². The number of amides is 4. The van der Waals surface area contributed by atoms with Crippen molar-refractivity contribution in [3.05, 3.63) is 105 Å². The molecule has 0 fully saturated rings. The lowest BCUT2D eigenvalue weighted by Gasteiger charge is -2.27. The minimum atomic E-state index is -0.667. The molecular formula is C55H68N8O10.